The summed E-state index contributed by atoms with van der Waals surface area (Å²) in [5.41, 5.74) is 10.9. The van der Waals surface area contributed by atoms with Crippen LogP contribution in [0.25, 0.3) is 0 Å². The SMILES string of the molecule is CCN1/C(=C/C=C/C=C/C2=[N+](CC)c3ccc(C)cc3C2(C)C)C(C)(C)c2cc(C)ccc21. The average Bonchev–Trinajstić information content (AvgIpc) is 3.11. The summed E-state index contributed by atoms with van der Waals surface area (Å²) in [6.07, 6.45) is 11.2. The number of fused-ring (bicyclic) bond motifs is 2. The summed E-state index contributed by atoms with van der Waals surface area (Å²) in [6, 6.07) is 13.7. The first-order valence-electron chi connectivity index (χ1n) is 12.3. The van der Waals surface area contributed by atoms with Gasteiger partial charge < -0.3 is 4.90 Å². The molecule has 0 saturated heterocycles. The second kappa shape index (κ2) is 8.48. The van der Waals surface area contributed by atoms with E-state index in [1.807, 2.05) is 0 Å². The molecule has 0 fully saturated rings. The normalized spacial score (nSPS) is 19.9. The number of rotatable bonds is 5. The Balaban J connectivity index is 1.62. The minimum Gasteiger partial charge on any atom is -0.344 e. The molecular weight excluding hydrogens is 400 g/mol. The van der Waals surface area contributed by atoms with Crippen LogP contribution in [-0.2, 0) is 10.8 Å². The van der Waals surface area contributed by atoms with Crippen molar-refractivity contribution in [1.29, 1.82) is 0 Å². The highest BCUT2D eigenvalue weighted by Gasteiger charge is 2.43. The standard InChI is InChI=1S/C31H39N2/c1-9-32-26-18-16-22(3)20-24(26)30(5,6)28(32)14-12-11-13-15-29-31(7,8)25-21-23(4)17-19-27(25)33(29)10-2/h11-21H,9-10H2,1-8H3/q+1. The van der Waals surface area contributed by atoms with Crippen molar-refractivity contribution in [1.82, 2.24) is 0 Å². The topological polar surface area (TPSA) is 6.25 Å². The zero-order valence-corrected chi connectivity index (χ0v) is 21.7. The molecule has 0 saturated carbocycles. The number of allylic oxidation sites excluding steroid dienone is 6. The van der Waals surface area contributed by atoms with E-state index in [0.717, 1.165) is 13.1 Å². The maximum absolute atomic E-state index is 2.45. The summed E-state index contributed by atoms with van der Waals surface area (Å²) in [4.78, 5) is 2.45. The zero-order chi connectivity index (χ0) is 24.0. The Hall–Kier alpha value is -2.87. The van der Waals surface area contributed by atoms with Crippen LogP contribution in [0.5, 0.6) is 0 Å². The molecule has 0 bridgehead atoms. The molecule has 0 N–H and O–H groups in total. The Morgan fingerprint density at radius 2 is 1.48 bits per heavy atom. The maximum Gasteiger partial charge on any atom is 0.209 e. The van der Waals surface area contributed by atoms with Gasteiger partial charge in [0, 0.05) is 41.1 Å². The Morgan fingerprint density at radius 1 is 0.818 bits per heavy atom. The number of nitrogens with zero attached hydrogens (tertiary/aromatic N) is 2. The third-order valence-electron chi connectivity index (χ3n) is 7.46. The maximum atomic E-state index is 2.45. The van der Waals surface area contributed by atoms with Crippen molar-refractivity contribution in [3.63, 3.8) is 0 Å². The lowest BCUT2D eigenvalue weighted by molar-refractivity contribution is -0.433. The Bertz CT molecular complexity index is 1200. The van der Waals surface area contributed by atoms with E-state index in [1.165, 1.54) is 45.0 Å². The van der Waals surface area contributed by atoms with E-state index in [2.05, 4.69) is 132 Å². The molecule has 33 heavy (non-hydrogen) atoms. The Morgan fingerprint density at radius 3 is 2.15 bits per heavy atom. The van der Waals surface area contributed by atoms with E-state index in [-0.39, 0.29) is 10.8 Å². The van der Waals surface area contributed by atoms with Crippen molar-refractivity contribution < 1.29 is 4.58 Å². The van der Waals surface area contributed by atoms with E-state index in [1.54, 1.807) is 0 Å². The molecule has 0 aliphatic carbocycles. The molecule has 2 heterocycles. The minimum absolute atomic E-state index is 0.00608. The molecule has 0 atom stereocenters. The Labute approximate surface area is 200 Å². The van der Waals surface area contributed by atoms with Crippen LogP contribution in [0.3, 0.4) is 0 Å². The molecular formula is C31H39N2+. The number of benzene rings is 2. The lowest BCUT2D eigenvalue weighted by Gasteiger charge is -2.25. The van der Waals surface area contributed by atoms with Gasteiger partial charge in [-0.2, -0.15) is 4.58 Å². The second-order valence-corrected chi connectivity index (χ2v) is 10.5. The predicted molar refractivity (Wildman–Crippen MR) is 143 cm³/mol. The van der Waals surface area contributed by atoms with Crippen molar-refractivity contribution in [3.8, 4) is 0 Å². The fourth-order valence-corrected chi connectivity index (χ4v) is 5.62. The minimum atomic E-state index is 0.00608. The second-order valence-electron chi connectivity index (χ2n) is 10.5. The molecule has 0 spiro atoms. The molecule has 2 aromatic carbocycles. The molecule has 0 amide bonds. The van der Waals surface area contributed by atoms with E-state index in [0.29, 0.717) is 0 Å². The summed E-state index contributed by atoms with van der Waals surface area (Å²) in [5.74, 6) is 0. The van der Waals surface area contributed by atoms with Crippen molar-refractivity contribution in [3.05, 3.63) is 94.7 Å². The largest absolute Gasteiger partial charge is 0.344 e. The predicted octanol–water partition coefficient (Wildman–Crippen LogP) is 7.51. The molecule has 2 heteroatoms. The molecule has 2 aromatic rings. The highest BCUT2D eigenvalue weighted by molar-refractivity contribution is 6.03. The van der Waals surface area contributed by atoms with Crippen LogP contribution in [0, 0.1) is 13.8 Å². The van der Waals surface area contributed by atoms with Crippen LogP contribution in [0.1, 0.15) is 63.8 Å². The average molecular weight is 440 g/mol. The lowest BCUT2D eigenvalue weighted by Crippen LogP contribution is -2.27. The number of likely N-dealkylation sites (N-methyl/N-ethyl adjacent to an activating group) is 1. The molecule has 0 unspecified atom stereocenters. The number of anilines is 1. The third kappa shape index (κ3) is 3.80. The van der Waals surface area contributed by atoms with E-state index in [9.17, 15) is 0 Å². The van der Waals surface area contributed by atoms with Gasteiger partial charge in [0.15, 0.2) is 5.71 Å². The van der Waals surface area contributed by atoms with Crippen LogP contribution in [0.2, 0.25) is 0 Å². The molecule has 2 aliphatic heterocycles. The molecule has 0 radical (unpaired) electrons. The van der Waals surface area contributed by atoms with E-state index in [4.69, 9.17) is 0 Å². The van der Waals surface area contributed by atoms with Crippen molar-refractivity contribution in [2.45, 2.75) is 66.2 Å². The summed E-state index contributed by atoms with van der Waals surface area (Å²) in [6.45, 7) is 20.1. The van der Waals surface area contributed by atoms with Crippen LogP contribution in [0.15, 0.2) is 72.5 Å². The van der Waals surface area contributed by atoms with Gasteiger partial charge >= 0.3 is 0 Å². The van der Waals surface area contributed by atoms with Crippen molar-refractivity contribution >= 4 is 17.1 Å². The van der Waals surface area contributed by atoms with Crippen molar-refractivity contribution in [2.75, 3.05) is 18.0 Å². The first-order chi connectivity index (χ1) is 15.6. The molecule has 0 aromatic heterocycles. The van der Waals surface area contributed by atoms with Crippen molar-refractivity contribution in [2.24, 2.45) is 0 Å². The zero-order valence-electron chi connectivity index (χ0n) is 21.7. The summed E-state index contributed by atoms with van der Waals surface area (Å²) < 4.78 is 2.45. The van der Waals surface area contributed by atoms with Gasteiger partial charge in [0.1, 0.15) is 6.54 Å². The lowest BCUT2D eigenvalue weighted by atomic mass is 9.81. The summed E-state index contributed by atoms with van der Waals surface area (Å²) >= 11 is 0. The van der Waals surface area contributed by atoms with Gasteiger partial charge in [-0.1, -0.05) is 61.4 Å². The van der Waals surface area contributed by atoms with Crippen LogP contribution >= 0.6 is 0 Å². The number of hydrogen-bond donors (Lipinski definition) is 0. The van der Waals surface area contributed by atoms with E-state index < -0.39 is 0 Å². The highest BCUT2D eigenvalue weighted by atomic mass is 15.2. The summed E-state index contributed by atoms with van der Waals surface area (Å²) in [7, 11) is 0. The van der Waals surface area contributed by atoms with Gasteiger partial charge in [-0.15, -0.1) is 0 Å². The number of aryl methyl sites for hydroxylation is 2. The van der Waals surface area contributed by atoms with E-state index >= 15 is 0 Å². The van der Waals surface area contributed by atoms with Crippen LogP contribution in [-0.4, -0.2) is 23.4 Å². The smallest absolute Gasteiger partial charge is 0.209 e. The fraction of sp³-hybridized carbons (Fsp3) is 0.387. The molecule has 4 rings (SSSR count). The van der Waals surface area contributed by atoms with Gasteiger partial charge in [-0.05, 0) is 65.3 Å². The quantitative estimate of drug-likeness (QED) is 0.345. The number of hydrogen-bond acceptors (Lipinski definition) is 1. The molecule has 2 aliphatic rings. The van der Waals surface area contributed by atoms with Crippen LogP contribution < -0.4 is 4.90 Å². The van der Waals surface area contributed by atoms with Crippen LogP contribution in [0.4, 0.5) is 11.4 Å². The Kier molecular flexibility index (Phi) is 5.99. The van der Waals surface area contributed by atoms with Gasteiger partial charge in [0.25, 0.3) is 0 Å². The molecule has 2 nitrogen and oxygen atoms in total. The van der Waals surface area contributed by atoms with Gasteiger partial charge in [0.2, 0.25) is 5.69 Å². The van der Waals surface area contributed by atoms with Gasteiger partial charge in [-0.3, -0.25) is 0 Å². The third-order valence-corrected chi connectivity index (χ3v) is 7.46. The first-order valence-corrected chi connectivity index (χ1v) is 12.3. The van der Waals surface area contributed by atoms with Gasteiger partial charge in [0.05, 0.1) is 5.41 Å². The molecule has 172 valence electrons. The first kappa shape index (κ1) is 23.3. The van der Waals surface area contributed by atoms with Gasteiger partial charge in [-0.25, -0.2) is 0 Å². The highest BCUT2D eigenvalue weighted by Crippen LogP contribution is 2.47. The fourth-order valence-electron chi connectivity index (χ4n) is 5.62. The monoisotopic (exact) mass is 439 g/mol. The summed E-state index contributed by atoms with van der Waals surface area (Å²) in [5, 5.41) is 0.